The molecule has 0 rings (SSSR count). The van der Waals surface area contributed by atoms with Crippen molar-refractivity contribution in [1.29, 1.82) is 0 Å². The van der Waals surface area contributed by atoms with Gasteiger partial charge in [-0.2, -0.15) is 0 Å². The summed E-state index contributed by atoms with van der Waals surface area (Å²) in [6.45, 7) is 2.27. The van der Waals surface area contributed by atoms with E-state index in [2.05, 4.69) is 6.92 Å². The zero-order chi connectivity index (χ0) is 16.3. The van der Waals surface area contributed by atoms with Crippen LogP contribution in [0.5, 0.6) is 0 Å². The fourth-order valence-corrected chi connectivity index (χ4v) is 3.97. The molecule has 0 N–H and O–H groups in total. The van der Waals surface area contributed by atoms with E-state index in [4.69, 9.17) is 0 Å². The lowest BCUT2D eigenvalue weighted by Gasteiger charge is -2.03. The maximum atomic E-state index is 12.0. The average Bonchev–Trinajstić information content (AvgIpc) is 2.50. The summed E-state index contributed by atoms with van der Waals surface area (Å²) < 4.78 is 24.0. The summed E-state index contributed by atoms with van der Waals surface area (Å²) >= 11 is 0. The van der Waals surface area contributed by atoms with Crippen molar-refractivity contribution in [3.8, 4) is 0 Å². The van der Waals surface area contributed by atoms with E-state index in [1.54, 1.807) is 0 Å². The van der Waals surface area contributed by atoms with Crippen LogP contribution < -0.4 is 0 Å². The highest BCUT2D eigenvalue weighted by Gasteiger charge is 2.01. The zero-order valence-corrected chi connectivity index (χ0v) is 16.5. The molecule has 0 aromatic carbocycles. The Balaban J connectivity index is 2.94. The van der Waals surface area contributed by atoms with E-state index in [1.165, 1.54) is 96.3 Å². The van der Waals surface area contributed by atoms with Crippen LogP contribution in [0.25, 0.3) is 0 Å². The van der Waals surface area contributed by atoms with Crippen molar-refractivity contribution in [2.45, 2.75) is 122 Å². The van der Waals surface area contributed by atoms with Crippen molar-refractivity contribution in [1.82, 2.24) is 0 Å². The molecule has 0 nitrogen and oxygen atoms in total. The van der Waals surface area contributed by atoms with Gasteiger partial charge in [0.15, 0.2) is 0 Å². The Morgan fingerprint density at radius 3 is 1.18 bits per heavy atom. The summed E-state index contributed by atoms with van der Waals surface area (Å²) in [7, 11) is -1.05. The van der Waals surface area contributed by atoms with Crippen LogP contribution in [0.4, 0.5) is 8.78 Å². The summed E-state index contributed by atoms with van der Waals surface area (Å²) in [6, 6.07) is -1.12. The number of rotatable bonds is 18. The van der Waals surface area contributed by atoms with Gasteiger partial charge in [-0.1, -0.05) is 116 Å². The predicted molar refractivity (Wildman–Crippen MR) is 98.9 cm³/mol. The monoisotopic (exact) mass is 334 g/mol. The molecule has 0 saturated heterocycles. The lowest BCUT2D eigenvalue weighted by molar-refractivity contribution is 0.237. The third-order valence-corrected chi connectivity index (χ3v) is 5.87. The van der Waals surface area contributed by atoms with Gasteiger partial charge >= 0.3 is 0 Å². The van der Waals surface area contributed by atoms with Crippen molar-refractivity contribution in [2.24, 2.45) is 0 Å². The quantitative estimate of drug-likeness (QED) is 0.186. The molecule has 0 aliphatic carbocycles. The van der Waals surface area contributed by atoms with E-state index in [-0.39, 0.29) is 0 Å². The SMILES string of the molecule is CCCCCCCCCCCCCCCCCC[SiH2]C(F)F. The van der Waals surface area contributed by atoms with Crippen molar-refractivity contribution in [3.05, 3.63) is 0 Å². The van der Waals surface area contributed by atoms with E-state index in [1.807, 2.05) is 0 Å². The van der Waals surface area contributed by atoms with Gasteiger partial charge in [0, 0.05) is 0 Å². The highest BCUT2D eigenvalue weighted by atomic mass is 28.2. The second kappa shape index (κ2) is 19.1. The van der Waals surface area contributed by atoms with Crippen LogP contribution in [0.15, 0.2) is 0 Å². The molecule has 0 spiro atoms. The maximum Gasteiger partial charge on any atom is 0.214 e. The topological polar surface area (TPSA) is 0 Å². The van der Waals surface area contributed by atoms with Crippen LogP contribution in [0.2, 0.25) is 6.04 Å². The first-order valence-corrected chi connectivity index (χ1v) is 11.9. The lowest BCUT2D eigenvalue weighted by Crippen LogP contribution is -2.02. The fourth-order valence-electron chi connectivity index (χ4n) is 3.02. The number of unbranched alkanes of at least 4 members (excludes halogenated alkanes) is 15. The second-order valence-corrected chi connectivity index (χ2v) is 8.74. The third-order valence-electron chi connectivity index (χ3n) is 4.53. The van der Waals surface area contributed by atoms with Crippen LogP contribution in [-0.2, 0) is 0 Å². The van der Waals surface area contributed by atoms with Crippen LogP contribution in [0, 0.1) is 0 Å². The second-order valence-electron chi connectivity index (χ2n) is 6.84. The smallest absolute Gasteiger partial charge is 0.214 e. The molecule has 0 bridgehead atoms. The number of alkyl halides is 2. The largest absolute Gasteiger partial charge is 0.216 e. The molecular weight excluding hydrogens is 294 g/mol. The first-order chi connectivity index (χ1) is 10.8. The number of hydrogen-bond donors (Lipinski definition) is 0. The van der Waals surface area contributed by atoms with Crippen LogP contribution in [-0.4, -0.2) is 15.6 Å². The third kappa shape index (κ3) is 20.1. The van der Waals surface area contributed by atoms with Gasteiger partial charge in [0.05, 0.1) is 0 Å². The molecule has 0 aromatic rings. The van der Waals surface area contributed by atoms with Crippen LogP contribution in [0.3, 0.4) is 0 Å². The first kappa shape index (κ1) is 22.1. The summed E-state index contributed by atoms with van der Waals surface area (Å²) in [5.41, 5.74) is 0. The van der Waals surface area contributed by atoms with E-state index >= 15 is 0 Å². The van der Waals surface area contributed by atoms with Gasteiger partial charge in [-0.25, -0.2) is 8.78 Å². The Morgan fingerprint density at radius 1 is 0.545 bits per heavy atom. The molecule has 22 heavy (non-hydrogen) atoms. The van der Waals surface area contributed by atoms with Gasteiger partial charge in [0.25, 0.3) is 0 Å². The molecule has 0 heterocycles. The molecule has 0 aromatic heterocycles. The highest BCUT2D eigenvalue weighted by Crippen LogP contribution is 2.14. The molecule has 0 unspecified atom stereocenters. The van der Waals surface area contributed by atoms with Gasteiger partial charge in [-0.15, -0.1) is 0 Å². The summed E-state index contributed by atoms with van der Waals surface area (Å²) in [4.78, 5) is 0. The Bertz CT molecular complexity index is 198. The fraction of sp³-hybridized carbons (Fsp3) is 1.00. The van der Waals surface area contributed by atoms with Gasteiger partial charge in [-0.3, -0.25) is 0 Å². The Hall–Kier alpha value is 0.0769. The Labute approximate surface area is 140 Å². The minimum absolute atomic E-state index is 0.843. The summed E-state index contributed by atoms with van der Waals surface area (Å²) in [5, 5.41) is 0. The minimum atomic E-state index is -1.96. The molecule has 0 aliphatic rings. The molecule has 0 aliphatic heterocycles. The number of halogens is 2. The van der Waals surface area contributed by atoms with Gasteiger partial charge in [0.1, 0.15) is 9.52 Å². The molecule has 0 atom stereocenters. The lowest BCUT2D eigenvalue weighted by atomic mass is 10.0. The van der Waals surface area contributed by atoms with Crippen molar-refractivity contribution < 1.29 is 8.78 Å². The maximum absolute atomic E-state index is 12.0. The van der Waals surface area contributed by atoms with Crippen molar-refractivity contribution >= 4 is 9.52 Å². The average molecular weight is 335 g/mol. The Kier molecular flexibility index (Phi) is 19.2. The molecule has 134 valence electrons. The summed E-state index contributed by atoms with van der Waals surface area (Å²) in [6.07, 6.45) is 21.7. The predicted octanol–water partition coefficient (Wildman–Crippen LogP) is 7.06. The first-order valence-electron chi connectivity index (χ1n) is 10.1. The van der Waals surface area contributed by atoms with E-state index in [9.17, 15) is 8.78 Å². The van der Waals surface area contributed by atoms with Gasteiger partial charge in [0.2, 0.25) is 6.05 Å². The minimum Gasteiger partial charge on any atom is -0.216 e. The Morgan fingerprint density at radius 2 is 0.864 bits per heavy atom. The summed E-state index contributed by atoms with van der Waals surface area (Å²) in [5.74, 6) is 0. The normalized spacial score (nSPS) is 12.0. The molecule has 0 radical (unpaired) electrons. The molecule has 0 amide bonds. The van der Waals surface area contributed by atoms with E-state index < -0.39 is 15.6 Å². The van der Waals surface area contributed by atoms with Crippen molar-refractivity contribution in [3.63, 3.8) is 0 Å². The van der Waals surface area contributed by atoms with Gasteiger partial charge < -0.3 is 0 Å². The van der Waals surface area contributed by atoms with Crippen LogP contribution in [0.1, 0.15) is 110 Å². The van der Waals surface area contributed by atoms with Crippen LogP contribution >= 0.6 is 0 Å². The van der Waals surface area contributed by atoms with E-state index in [0.29, 0.717) is 0 Å². The molecule has 3 heteroatoms. The zero-order valence-electron chi connectivity index (χ0n) is 15.1. The number of hydrogen-bond acceptors (Lipinski definition) is 0. The molecule has 0 fully saturated rings. The highest BCUT2D eigenvalue weighted by molar-refractivity contribution is 6.36. The molecule has 0 saturated carbocycles. The van der Waals surface area contributed by atoms with Gasteiger partial charge in [-0.05, 0) is 0 Å². The van der Waals surface area contributed by atoms with E-state index in [0.717, 1.165) is 12.5 Å². The molecular formula is C19H40F2Si. The standard InChI is InChI=1S/C19H40F2Si/c1-2-3-4-5-6-7-8-9-10-11-12-13-14-15-16-17-18-22-19(20)21/h19H,2-18,22H2,1H3. The van der Waals surface area contributed by atoms with Crippen molar-refractivity contribution in [2.75, 3.05) is 0 Å².